The normalized spacial score (nSPS) is 9.65. The number of ether oxygens (including phenoxy) is 1. The van der Waals surface area contributed by atoms with Crippen LogP contribution in [0.25, 0.3) is 0 Å². The second kappa shape index (κ2) is 5.85. The van der Waals surface area contributed by atoms with Gasteiger partial charge in [0.15, 0.2) is 0 Å². The van der Waals surface area contributed by atoms with Crippen molar-refractivity contribution in [1.82, 2.24) is 4.98 Å². The number of aromatic nitrogens is 1. The molecule has 0 spiro atoms. The van der Waals surface area contributed by atoms with Crippen molar-refractivity contribution in [2.24, 2.45) is 0 Å². The lowest BCUT2D eigenvalue weighted by Gasteiger charge is -2.09. The first-order chi connectivity index (χ1) is 9.63. The quantitative estimate of drug-likeness (QED) is 0.927. The minimum absolute atomic E-state index is 0.303. The first-order valence-corrected chi connectivity index (χ1v) is 5.96. The van der Waals surface area contributed by atoms with Crippen LogP contribution in [-0.2, 0) is 0 Å². The first-order valence-electron chi connectivity index (χ1n) is 5.96. The molecule has 1 N–H and O–H groups in total. The zero-order valence-electron chi connectivity index (χ0n) is 11.2. The van der Waals surface area contributed by atoms with Gasteiger partial charge >= 0.3 is 0 Å². The van der Waals surface area contributed by atoms with Crippen LogP contribution in [0.1, 0.15) is 21.5 Å². The van der Waals surface area contributed by atoms with E-state index in [1.54, 1.807) is 24.3 Å². The summed E-state index contributed by atoms with van der Waals surface area (Å²) in [5, 5.41) is 11.4. The van der Waals surface area contributed by atoms with Crippen LogP contribution in [0, 0.1) is 18.3 Å². The summed E-state index contributed by atoms with van der Waals surface area (Å²) in [7, 11) is 1.52. The maximum atomic E-state index is 12.2. The van der Waals surface area contributed by atoms with Gasteiger partial charge < -0.3 is 10.1 Å². The number of nitriles is 1. The van der Waals surface area contributed by atoms with E-state index in [1.807, 2.05) is 19.1 Å². The van der Waals surface area contributed by atoms with Crippen molar-refractivity contribution in [3.8, 4) is 11.8 Å². The SMILES string of the molecule is COc1ccc(C)cc1C(=O)Nc1ccc(C#N)cn1. The van der Waals surface area contributed by atoms with Crippen molar-refractivity contribution in [3.05, 3.63) is 53.2 Å². The van der Waals surface area contributed by atoms with Crippen LogP contribution < -0.4 is 10.1 Å². The largest absolute Gasteiger partial charge is 0.496 e. The topological polar surface area (TPSA) is 75.0 Å². The third kappa shape index (κ3) is 2.93. The number of benzene rings is 1. The van der Waals surface area contributed by atoms with Crippen LogP contribution in [0.2, 0.25) is 0 Å². The van der Waals surface area contributed by atoms with E-state index in [2.05, 4.69) is 10.3 Å². The second-order valence-corrected chi connectivity index (χ2v) is 4.20. The fourth-order valence-corrected chi connectivity index (χ4v) is 1.72. The molecule has 0 atom stereocenters. The van der Waals surface area contributed by atoms with Crippen molar-refractivity contribution >= 4 is 11.7 Å². The Morgan fingerprint density at radius 3 is 2.75 bits per heavy atom. The Morgan fingerprint density at radius 1 is 1.35 bits per heavy atom. The van der Waals surface area contributed by atoms with Crippen LogP contribution in [0.3, 0.4) is 0 Å². The van der Waals surface area contributed by atoms with Crippen molar-refractivity contribution in [1.29, 1.82) is 5.26 Å². The van der Waals surface area contributed by atoms with Gasteiger partial charge in [0.05, 0.1) is 18.2 Å². The first kappa shape index (κ1) is 13.6. The lowest BCUT2D eigenvalue weighted by molar-refractivity contribution is 0.102. The molecule has 20 heavy (non-hydrogen) atoms. The van der Waals surface area contributed by atoms with Gasteiger partial charge in [-0.25, -0.2) is 4.98 Å². The molecule has 0 unspecified atom stereocenters. The predicted molar refractivity (Wildman–Crippen MR) is 74.6 cm³/mol. The zero-order chi connectivity index (χ0) is 14.5. The van der Waals surface area contributed by atoms with E-state index < -0.39 is 0 Å². The Morgan fingerprint density at radius 2 is 2.15 bits per heavy atom. The van der Waals surface area contributed by atoms with Gasteiger partial charge in [0.1, 0.15) is 17.6 Å². The molecule has 0 saturated heterocycles. The lowest BCUT2D eigenvalue weighted by Crippen LogP contribution is -2.14. The Hall–Kier alpha value is -2.87. The molecular weight excluding hydrogens is 254 g/mol. The zero-order valence-corrected chi connectivity index (χ0v) is 11.2. The number of carbonyl (C=O) groups excluding carboxylic acids is 1. The Kier molecular flexibility index (Phi) is 3.96. The van der Waals surface area contributed by atoms with Crippen LogP contribution in [0.4, 0.5) is 5.82 Å². The van der Waals surface area contributed by atoms with E-state index in [0.29, 0.717) is 22.7 Å². The van der Waals surface area contributed by atoms with Crippen LogP contribution >= 0.6 is 0 Å². The minimum atomic E-state index is -0.303. The summed E-state index contributed by atoms with van der Waals surface area (Å²) in [6.07, 6.45) is 1.41. The molecule has 0 saturated carbocycles. The highest BCUT2D eigenvalue weighted by molar-refractivity contribution is 6.05. The number of methoxy groups -OCH3 is 1. The minimum Gasteiger partial charge on any atom is -0.496 e. The molecule has 0 bridgehead atoms. The summed E-state index contributed by atoms with van der Waals surface area (Å²) >= 11 is 0. The fourth-order valence-electron chi connectivity index (χ4n) is 1.72. The molecule has 100 valence electrons. The van der Waals surface area contributed by atoms with E-state index in [0.717, 1.165) is 5.56 Å². The number of amides is 1. The van der Waals surface area contributed by atoms with Gasteiger partial charge in [0.25, 0.3) is 5.91 Å². The second-order valence-electron chi connectivity index (χ2n) is 4.20. The van der Waals surface area contributed by atoms with Crippen molar-refractivity contribution in [2.75, 3.05) is 12.4 Å². The van der Waals surface area contributed by atoms with Gasteiger partial charge in [-0.15, -0.1) is 0 Å². The summed E-state index contributed by atoms with van der Waals surface area (Å²) in [4.78, 5) is 16.2. The number of hydrogen-bond acceptors (Lipinski definition) is 4. The van der Waals surface area contributed by atoms with Crippen molar-refractivity contribution in [3.63, 3.8) is 0 Å². The molecule has 0 fully saturated rings. The van der Waals surface area contributed by atoms with E-state index >= 15 is 0 Å². The van der Waals surface area contributed by atoms with E-state index in [9.17, 15) is 4.79 Å². The van der Waals surface area contributed by atoms with Crippen molar-refractivity contribution < 1.29 is 9.53 Å². The molecule has 1 amide bonds. The van der Waals surface area contributed by atoms with E-state index in [1.165, 1.54) is 13.3 Å². The van der Waals surface area contributed by atoms with Crippen LogP contribution in [0.5, 0.6) is 5.75 Å². The highest BCUT2D eigenvalue weighted by atomic mass is 16.5. The van der Waals surface area contributed by atoms with Gasteiger partial charge in [-0.2, -0.15) is 5.26 Å². The molecular formula is C15H13N3O2. The van der Waals surface area contributed by atoms with Crippen LogP contribution in [-0.4, -0.2) is 18.0 Å². The number of nitrogens with zero attached hydrogens (tertiary/aromatic N) is 2. The molecule has 0 aliphatic heterocycles. The molecule has 1 heterocycles. The molecule has 2 aromatic rings. The van der Waals surface area contributed by atoms with Gasteiger partial charge in [-0.3, -0.25) is 4.79 Å². The third-order valence-electron chi connectivity index (χ3n) is 2.73. The molecule has 0 radical (unpaired) electrons. The van der Waals surface area contributed by atoms with Crippen LogP contribution in [0.15, 0.2) is 36.5 Å². The molecule has 0 aliphatic carbocycles. The molecule has 0 aliphatic rings. The summed E-state index contributed by atoms with van der Waals surface area (Å²) in [6, 6.07) is 10.5. The molecule has 1 aromatic heterocycles. The number of hydrogen-bond donors (Lipinski definition) is 1. The third-order valence-corrected chi connectivity index (χ3v) is 2.73. The summed E-state index contributed by atoms with van der Waals surface area (Å²) in [5.41, 5.74) is 1.85. The summed E-state index contributed by atoms with van der Waals surface area (Å²) < 4.78 is 5.17. The summed E-state index contributed by atoms with van der Waals surface area (Å²) in [5.74, 6) is 0.585. The Labute approximate surface area is 116 Å². The standard InChI is InChI=1S/C15H13N3O2/c1-10-3-5-13(20-2)12(7-10)15(19)18-14-6-4-11(8-16)9-17-14/h3-7,9H,1-2H3,(H,17,18,19). The molecule has 5 nitrogen and oxygen atoms in total. The number of aryl methyl sites for hydroxylation is 1. The number of nitrogens with one attached hydrogen (secondary N) is 1. The van der Waals surface area contributed by atoms with Gasteiger partial charge in [-0.1, -0.05) is 11.6 Å². The lowest BCUT2D eigenvalue weighted by atomic mass is 10.1. The highest BCUT2D eigenvalue weighted by Crippen LogP contribution is 2.20. The predicted octanol–water partition coefficient (Wildman–Crippen LogP) is 2.52. The van der Waals surface area contributed by atoms with Gasteiger partial charge in [-0.05, 0) is 31.2 Å². The van der Waals surface area contributed by atoms with E-state index in [-0.39, 0.29) is 5.91 Å². The molecule has 5 heteroatoms. The summed E-state index contributed by atoms with van der Waals surface area (Å²) in [6.45, 7) is 1.90. The fraction of sp³-hybridized carbons (Fsp3) is 0.133. The average Bonchev–Trinajstić information content (AvgIpc) is 2.48. The molecule has 1 aromatic carbocycles. The van der Waals surface area contributed by atoms with Crippen molar-refractivity contribution in [2.45, 2.75) is 6.92 Å². The smallest absolute Gasteiger partial charge is 0.260 e. The average molecular weight is 267 g/mol. The molecule has 2 rings (SSSR count). The Bertz CT molecular complexity index is 673. The number of rotatable bonds is 3. The monoisotopic (exact) mass is 267 g/mol. The highest BCUT2D eigenvalue weighted by Gasteiger charge is 2.13. The van der Waals surface area contributed by atoms with Gasteiger partial charge in [0, 0.05) is 6.20 Å². The number of carbonyl (C=O) groups is 1. The van der Waals surface area contributed by atoms with E-state index in [4.69, 9.17) is 10.00 Å². The van der Waals surface area contributed by atoms with Gasteiger partial charge in [0.2, 0.25) is 0 Å². The maximum Gasteiger partial charge on any atom is 0.260 e. The number of pyridine rings is 1. The maximum absolute atomic E-state index is 12.2. The number of anilines is 1. The Balaban J connectivity index is 2.23.